The number of anilines is 2. The molecule has 0 saturated carbocycles. The molecule has 188 valence electrons. The molecule has 1 aromatic heterocycles. The number of carbonyl (C=O) groups excluding carboxylic acids is 1. The lowest BCUT2D eigenvalue weighted by Crippen LogP contribution is -2.40. The van der Waals surface area contributed by atoms with Gasteiger partial charge in [0.15, 0.2) is 0 Å². The lowest BCUT2D eigenvalue weighted by atomic mass is 9.91. The molecular weight excluding hydrogens is 458 g/mol. The standard InChI is InChI=1S/C31H33N5O/c37-31(34-27-16-18-32-30(20-27)33-21-24-10-4-1-5-11-24)35-28-17-19-36(22-28)23-29(25-12-6-2-7-13-25)26-14-8-3-9-15-26/h1-16,18,20,28-29H,17,19,21-23H2,(H3,32,33,34,35,37). The van der Waals surface area contributed by atoms with Gasteiger partial charge in [0, 0.05) is 56.1 Å². The quantitative estimate of drug-likeness (QED) is 0.280. The zero-order valence-electron chi connectivity index (χ0n) is 20.9. The summed E-state index contributed by atoms with van der Waals surface area (Å²) in [6.45, 7) is 3.40. The number of hydrogen-bond donors (Lipinski definition) is 3. The molecule has 37 heavy (non-hydrogen) atoms. The number of carbonyl (C=O) groups is 1. The Labute approximate surface area is 218 Å². The van der Waals surface area contributed by atoms with E-state index >= 15 is 0 Å². The molecular formula is C31H33N5O. The molecule has 2 amide bonds. The normalized spacial score (nSPS) is 15.4. The second-order valence-electron chi connectivity index (χ2n) is 9.49. The molecule has 3 aromatic carbocycles. The van der Waals surface area contributed by atoms with Crippen LogP contribution in [0, 0.1) is 0 Å². The van der Waals surface area contributed by atoms with Crippen LogP contribution in [-0.4, -0.2) is 41.6 Å². The molecule has 1 atom stereocenters. The monoisotopic (exact) mass is 491 g/mol. The van der Waals surface area contributed by atoms with E-state index in [0.29, 0.717) is 18.2 Å². The predicted molar refractivity (Wildman–Crippen MR) is 150 cm³/mol. The van der Waals surface area contributed by atoms with Crippen molar-refractivity contribution >= 4 is 17.5 Å². The van der Waals surface area contributed by atoms with Gasteiger partial charge in [-0.25, -0.2) is 9.78 Å². The Balaban J connectivity index is 1.14. The van der Waals surface area contributed by atoms with Gasteiger partial charge in [0.2, 0.25) is 0 Å². The molecule has 6 heteroatoms. The fourth-order valence-electron chi connectivity index (χ4n) is 4.89. The highest BCUT2D eigenvalue weighted by atomic mass is 16.2. The van der Waals surface area contributed by atoms with Gasteiger partial charge in [-0.2, -0.15) is 0 Å². The zero-order valence-corrected chi connectivity index (χ0v) is 20.9. The third kappa shape index (κ3) is 6.96. The fourth-order valence-corrected chi connectivity index (χ4v) is 4.89. The van der Waals surface area contributed by atoms with Crippen molar-refractivity contribution in [2.24, 2.45) is 0 Å². The molecule has 4 aromatic rings. The predicted octanol–water partition coefficient (Wildman–Crippen LogP) is 5.72. The summed E-state index contributed by atoms with van der Waals surface area (Å²) in [7, 11) is 0. The maximum Gasteiger partial charge on any atom is 0.319 e. The summed E-state index contributed by atoms with van der Waals surface area (Å²) in [6.07, 6.45) is 2.64. The number of nitrogens with zero attached hydrogens (tertiary/aromatic N) is 2. The molecule has 1 aliphatic rings. The smallest absolute Gasteiger partial charge is 0.319 e. The molecule has 0 spiro atoms. The van der Waals surface area contributed by atoms with Crippen LogP contribution in [0.2, 0.25) is 0 Å². The summed E-state index contributed by atoms with van der Waals surface area (Å²) in [6, 6.07) is 35.1. The van der Waals surface area contributed by atoms with Gasteiger partial charge < -0.3 is 20.9 Å². The Bertz CT molecular complexity index is 1230. The zero-order chi connectivity index (χ0) is 25.3. The maximum atomic E-state index is 12.7. The highest BCUT2D eigenvalue weighted by Gasteiger charge is 2.27. The number of likely N-dealkylation sites (tertiary alicyclic amines) is 1. The molecule has 3 N–H and O–H groups in total. The average Bonchev–Trinajstić information content (AvgIpc) is 3.39. The molecule has 5 rings (SSSR count). The lowest BCUT2D eigenvalue weighted by molar-refractivity contribution is 0.247. The number of amides is 2. The summed E-state index contributed by atoms with van der Waals surface area (Å²) in [5.74, 6) is 1.02. The van der Waals surface area contributed by atoms with E-state index in [-0.39, 0.29) is 12.1 Å². The number of hydrogen-bond acceptors (Lipinski definition) is 4. The van der Waals surface area contributed by atoms with Crippen LogP contribution in [0.1, 0.15) is 29.0 Å². The summed E-state index contributed by atoms with van der Waals surface area (Å²) < 4.78 is 0. The first-order chi connectivity index (χ1) is 18.2. The number of aromatic nitrogens is 1. The minimum absolute atomic E-state index is 0.115. The molecule has 0 aliphatic carbocycles. The van der Waals surface area contributed by atoms with Crippen LogP contribution in [0.4, 0.5) is 16.3 Å². The van der Waals surface area contributed by atoms with Gasteiger partial charge in [-0.1, -0.05) is 91.0 Å². The molecule has 6 nitrogen and oxygen atoms in total. The molecule has 1 fully saturated rings. The Hall–Kier alpha value is -4.16. The number of nitrogens with one attached hydrogen (secondary N) is 3. The van der Waals surface area contributed by atoms with Gasteiger partial charge in [-0.05, 0) is 29.2 Å². The van der Waals surface area contributed by atoms with Crippen LogP contribution in [0.3, 0.4) is 0 Å². The average molecular weight is 492 g/mol. The first kappa shape index (κ1) is 24.5. The second-order valence-corrected chi connectivity index (χ2v) is 9.49. The number of urea groups is 1. The van der Waals surface area contributed by atoms with Crippen molar-refractivity contribution < 1.29 is 4.79 Å². The van der Waals surface area contributed by atoms with E-state index < -0.39 is 0 Å². The van der Waals surface area contributed by atoms with Crippen molar-refractivity contribution in [3.63, 3.8) is 0 Å². The lowest BCUT2D eigenvalue weighted by Gasteiger charge is -2.25. The van der Waals surface area contributed by atoms with E-state index in [2.05, 4.69) is 98.6 Å². The fraction of sp³-hybridized carbons (Fsp3) is 0.226. The van der Waals surface area contributed by atoms with Crippen molar-refractivity contribution in [3.8, 4) is 0 Å². The van der Waals surface area contributed by atoms with Crippen LogP contribution < -0.4 is 16.0 Å². The van der Waals surface area contributed by atoms with Gasteiger partial charge in [0.05, 0.1) is 0 Å². The topological polar surface area (TPSA) is 69.3 Å². The first-order valence-corrected chi connectivity index (χ1v) is 12.9. The van der Waals surface area contributed by atoms with Gasteiger partial charge in [0.25, 0.3) is 0 Å². The highest BCUT2D eigenvalue weighted by molar-refractivity contribution is 5.89. The van der Waals surface area contributed by atoms with E-state index in [0.717, 1.165) is 31.9 Å². The largest absolute Gasteiger partial charge is 0.366 e. The SMILES string of the molecule is O=C(Nc1ccnc(NCc2ccccc2)c1)NC1CCN(CC(c2ccccc2)c2ccccc2)C1. The highest BCUT2D eigenvalue weighted by Crippen LogP contribution is 2.27. The first-order valence-electron chi connectivity index (χ1n) is 12.9. The summed E-state index contributed by atoms with van der Waals surface area (Å²) in [4.78, 5) is 19.6. The van der Waals surface area contributed by atoms with Crippen LogP contribution in [-0.2, 0) is 6.54 Å². The van der Waals surface area contributed by atoms with Crippen LogP contribution in [0.15, 0.2) is 109 Å². The van der Waals surface area contributed by atoms with Crippen LogP contribution in [0.5, 0.6) is 0 Å². The second kappa shape index (κ2) is 12.2. The van der Waals surface area contributed by atoms with Gasteiger partial charge in [-0.3, -0.25) is 0 Å². The molecule has 1 saturated heterocycles. The van der Waals surface area contributed by atoms with Crippen molar-refractivity contribution in [1.82, 2.24) is 15.2 Å². The van der Waals surface area contributed by atoms with E-state index in [4.69, 9.17) is 0 Å². The minimum Gasteiger partial charge on any atom is -0.366 e. The number of pyridine rings is 1. The third-order valence-corrected chi connectivity index (χ3v) is 6.79. The maximum absolute atomic E-state index is 12.7. The van der Waals surface area contributed by atoms with Crippen molar-refractivity contribution in [2.75, 3.05) is 30.3 Å². The molecule has 1 aliphatic heterocycles. The summed E-state index contributed by atoms with van der Waals surface area (Å²) in [5.41, 5.74) is 4.52. The van der Waals surface area contributed by atoms with Crippen molar-refractivity contribution in [3.05, 3.63) is 126 Å². The van der Waals surface area contributed by atoms with E-state index in [9.17, 15) is 4.79 Å². The van der Waals surface area contributed by atoms with Crippen LogP contribution >= 0.6 is 0 Å². The van der Waals surface area contributed by atoms with E-state index in [1.807, 2.05) is 24.3 Å². The van der Waals surface area contributed by atoms with Crippen molar-refractivity contribution in [2.45, 2.75) is 24.9 Å². The molecule has 1 unspecified atom stereocenters. The molecule has 0 bridgehead atoms. The van der Waals surface area contributed by atoms with E-state index in [1.54, 1.807) is 12.3 Å². The summed E-state index contributed by atoms with van der Waals surface area (Å²) in [5, 5.41) is 9.43. The van der Waals surface area contributed by atoms with Gasteiger partial charge in [-0.15, -0.1) is 0 Å². The van der Waals surface area contributed by atoms with Crippen molar-refractivity contribution in [1.29, 1.82) is 0 Å². The Morgan fingerprint density at radius 3 is 2.22 bits per heavy atom. The molecule has 2 heterocycles. The van der Waals surface area contributed by atoms with Gasteiger partial charge in [0.1, 0.15) is 5.82 Å². The Morgan fingerprint density at radius 1 is 0.892 bits per heavy atom. The number of rotatable bonds is 9. The number of benzene rings is 3. The Morgan fingerprint density at radius 2 is 1.54 bits per heavy atom. The van der Waals surface area contributed by atoms with Gasteiger partial charge >= 0.3 is 6.03 Å². The third-order valence-electron chi connectivity index (χ3n) is 6.79. The minimum atomic E-state index is -0.185. The Kier molecular flexibility index (Phi) is 8.08. The van der Waals surface area contributed by atoms with E-state index in [1.165, 1.54) is 16.7 Å². The summed E-state index contributed by atoms with van der Waals surface area (Å²) >= 11 is 0. The molecule has 0 radical (unpaired) electrons. The van der Waals surface area contributed by atoms with Crippen LogP contribution in [0.25, 0.3) is 0 Å².